The highest BCUT2D eigenvalue weighted by atomic mass is 32.2. The summed E-state index contributed by atoms with van der Waals surface area (Å²) >= 11 is 0. The molecule has 4 nitrogen and oxygen atoms in total. The molecule has 1 aromatic carbocycles. The zero-order valence-corrected chi connectivity index (χ0v) is 14.2. The maximum absolute atomic E-state index is 11.5. The molecule has 1 heterocycles. The van der Waals surface area contributed by atoms with Crippen LogP contribution in [0.5, 0.6) is 0 Å². The molecular formula is C17H26N2O2S. The van der Waals surface area contributed by atoms with Gasteiger partial charge in [0.05, 0.1) is 6.26 Å². The van der Waals surface area contributed by atoms with Gasteiger partial charge in [-0.2, -0.15) is 0 Å². The van der Waals surface area contributed by atoms with E-state index in [1.54, 1.807) is 0 Å². The molecule has 0 spiro atoms. The van der Waals surface area contributed by atoms with Crippen molar-refractivity contribution in [2.24, 2.45) is 5.92 Å². The first-order valence-electron chi connectivity index (χ1n) is 7.89. The Kier molecular flexibility index (Phi) is 6.17. The van der Waals surface area contributed by atoms with Gasteiger partial charge in [0.25, 0.3) is 0 Å². The summed E-state index contributed by atoms with van der Waals surface area (Å²) in [6.45, 7) is 4.75. The van der Waals surface area contributed by atoms with Crippen LogP contribution in [0, 0.1) is 5.92 Å². The smallest absolute Gasteiger partial charge is 0.209 e. The number of rotatable bonds is 7. The van der Waals surface area contributed by atoms with Crippen LogP contribution in [-0.2, 0) is 10.0 Å². The number of hydrogen-bond donors (Lipinski definition) is 1. The summed E-state index contributed by atoms with van der Waals surface area (Å²) in [7, 11) is -3.14. The zero-order chi connectivity index (χ0) is 16.0. The minimum absolute atomic E-state index is 0.0417. The second-order valence-corrected chi connectivity index (χ2v) is 7.86. The van der Waals surface area contributed by atoms with Crippen molar-refractivity contribution in [1.29, 1.82) is 0 Å². The van der Waals surface area contributed by atoms with Crippen LogP contribution in [0.2, 0.25) is 0 Å². The van der Waals surface area contributed by atoms with Crippen LogP contribution in [-0.4, -0.2) is 45.2 Å². The lowest BCUT2D eigenvalue weighted by Crippen LogP contribution is -2.39. The van der Waals surface area contributed by atoms with E-state index >= 15 is 0 Å². The van der Waals surface area contributed by atoms with Gasteiger partial charge in [-0.05, 0) is 17.9 Å². The summed E-state index contributed by atoms with van der Waals surface area (Å²) in [5, 5.41) is 0. The van der Waals surface area contributed by atoms with Gasteiger partial charge in [-0.25, -0.2) is 13.1 Å². The van der Waals surface area contributed by atoms with E-state index in [-0.39, 0.29) is 6.04 Å². The lowest BCUT2D eigenvalue weighted by atomic mass is 9.99. The van der Waals surface area contributed by atoms with E-state index in [9.17, 15) is 8.42 Å². The van der Waals surface area contributed by atoms with Crippen molar-refractivity contribution in [2.45, 2.75) is 25.8 Å². The molecule has 122 valence electrons. The van der Waals surface area contributed by atoms with Crippen LogP contribution in [0.25, 0.3) is 6.08 Å². The highest BCUT2D eigenvalue weighted by Crippen LogP contribution is 2.22. The summed E-state index contributed by atoms with van der Waals surface area (Å²) < 4.78 is 25.8. The lowest BCUT2D eigenvalue weighted by molar-refractivity contribution is 0.353. The number of sulfonamides is 1. The van der Waals surface area contributed by atoms with Crippen molar-refractivity contribution in [3.05, 3.63) is 42.0 Å². The van der Waals surface area contributed by atoms with Crippen molar-refractivity contribution in [3.8, 4) is 0 Å². The molecule has 22 heavy (non-hydrogen) atoms. The molecule has 2 rings (SSSR count). The van der Waals surface area contributed by atoms with Crippen LogP contribution >= 0.6 is 0 Å². The Bertz CT molecular complexity index is 584. The SMILES string of the molecule is CCC[C@@H]1CN(CC=Cc2ccccc2)C[C@H]1NS(C)(=O)=O. The van der Waals surface area contributed by atoms with E-state index in [2.05, 4.69) is 40.8 Å². The molecule has 1 aliphatic rings. The van der Waals surface area contributed by atoms with Gasteiger partial charge in [0.15, 0.2) is 0 Å². The van der Waals surface area contributed by atoms with E-state index in [4.69, 9.17) is 0 Å². The quantitative estimate of drug-likeness (QED) is 0.838. The van der Waals surface area contributed by atoms with Crippen molar-refractivity contribution < 1.29 is 8.42 Å². The third kappa shape index (κ3) is 5.55. The molecule has 0 bridgehead atoms. The first-order chi connectivity index (χ1) is 10.5. The third-order valence-electron chi connectivity index (χ3n) is 4.02. The molecule has 5 heteroatoms. The van der Waals surface area contributed by atoms with Gasteiger partial charge in [0.2, 0.25) is 10.0 Å². The third-order valence-corrected chi connectivity index (χ3v) is 4.75. The van der Waals surface area contributed by atoms with Crippen molar-refractivity contribution in [1.82, 2.24) is 9.62 Å². The Hall–Kier alpha value is -1.17. The molecule has 0 amide bonds. The van der Waals surface area contributed by atoms with Gasteiger partial charge in [-0.15, -0.1) is 0 Å². The molecule has 0 aromatic heterocycles. The fourth-order valence-electron chi connectivity index (χ4n) is 3.08. The van der Waals surface area contributed by atoms with Crippen LogP contribution in [0.15, 0.2) is 36.4 Å². The highest BCUT2D eigenvalue weighted by molar-refractivity contribution is 7.88. The molecule has 0 unspecified atom stereocenters. The highest BCUT2D eigenvalue weighted by Gasteiger charge is 2.33. The van der Waals surface area contributed by atoms with Crippen LogP contribution in [0.1, 0.15) is 25.3 Å². The van der Waals surface area contributed by atoms with E-state index in [0.717, 1.165) is 32.5 Å². The zero-order valence-electron chi connectivity index (χ0n) is 13.4. The van der Waals surface area contributed by atoms with Crippen molar-refractivity contribution in [2.75, 3.05) is 25.9 Å². The van der Waals surface area contributed by atoms with Crippen LogP contribution in [0.4, 0.5) is 0 Å². The summed E-state index contributed by atoms with van der Waals surface area (Å²) in [4.78, 5) is 2.32. The van der Waals surface area contributed by atoms with Gasteiger partial charge in [-0.1, -0.05) is 55.8 Å². The molecule has 2 atom stereocenters. The fraction of sp³-hybridized carbons (Fsp3) is 0.529. The predicted octanol–water partition coefficient (Wildman–Crippen LogP) is 2.35. The van der Waals surface area contributed by atoms with Crippen LogP contribution < -0.4 is 4.72 Å². The monoisotopic (exact) mass is 322 g/mol. The van der Waals surface area contributed by atoms with E-state index < -0.39 is 10.0 Å². The first kappa shape index (κ1) is 17.2. The minimum atomic E-state index is -3.14. The molecule has 0 aliphatic carbocycles. The standard InChI is InChI=1S/C17H26N2O2S/c1-3-8-16-13-19(14-17(16)18-22(2,20)21)12-7-11-15-9-5-4-6-10-15/h4-7,9-11,16-18H,3,8,12-14H2,1-2H3/t16-,17-/m1/s1. The largest absolute Gasteiger partial charge is 0.298 e. The van der Waals surface area contributed by atoms with Crippen molar-refractivity contribution in [3.63, 3.8) is 0 Å². The van der Waals surface area contributed by atoms with E-state index in [0.29, 0.717) is 5.92 Å². The van der Waals surface area contributed by atoms with Crippen LogP contribution in [0.3, 0.4) is 0 Å². The Morgan fingerprint density at radius 3 is 2.64 bits per heavy atom. The predicted molar refractivity (Wildman–Crippen MR) is 92.1 cm³/mol. The average Bonchev–Trinajstić information content (AvgIpc) is 2.80. The number of nitrogens with zero attached hydrogens (tertiary/aromatic N) is 1. The normalized spacial score (nSPS) is 23.4. The summed E-state index contributed by atoms with van der Waals surface area (Å²) in [6, 6.07) is 10.3. The molecule has 1 aromatic rings. The minimum Gasteiger partial charge on any atom is -0.298 e. The topological polar surface area (TPSA) is 49.4 Å². The number of nitrogens with one attached hydrogen (secondary N) is 1. The lowest BCUT2D eigenvalue weighted by Gasteiger charge is -2.17. The number of likely N-dealkylation sites (tertiary alicyclic amines) is 1. The molecule has 1 aliphatic heterocycles. The molecule has 1 saturated heterocycles. The van der Waals surface area contributed by atoms with Gasteiger partial charge in [0, 0.05) is 25.7 Å². The van der Waals surface area contributed by atoms with Gasteiger partial charge in [0.1, 0.15) is 0 Å². The number of benzene rings is 1. The number of hydrogen-bond acceptors (Lipinski definition) is 3. The molecule has 1 fully saturated rings. The van der Waals surface area contributed by atoms with Gasteiger partial charge in [-0.3, -0.25) is 4.90 Å². The molecule has 0 radical (unpaired) electrons. The maximum Gasteiger partial charge on any atom is 0.209 e. The molecular weight excluding hydrogens is 296 g/mol. The summed E-state index contributed by atoms with van der Waals surface area (Å²) in [5.41, 5.74) is 1.19. The van der Waals surface area contributed by atoms with E-state index in [1.807, 2.05) is 18.2 Å². The fourth-order valence-corrected chi connectivity index (χ4v) is 3.90. The average molecular weight is 322 g/mol. The Morgan fingerprint density at radius 2 is 2.00 bits per heavy atom. The van der Waals surface area contributed by atoms with E-state index in [1.165, 1.54) is 11.8 Å². The second kappa shape index (κ2) is 7.90. The maximum atomic E-state index is 11.5. The molecule has 0 saturated carbocycles. The Morgan fingerprint density at radius 1 is 1.27 bits per heavy atom. The Balaban J connectivity index is 1.91. The molecule has 1 N–H and O–H groups in total. The second-order valence-electron chi connectivity index (χ2n) is 6.08. The van der Waals surface area contributed by atoms with Gasteiger partial charge >= 0.3 is 0 Å². The first-order valence-corrected chi connectivity index (χ1v) is 9.78. The van der Waals surface area contributed by atoms with Crippen molar-refractivity contribution >= 4 is 16.1 Å². The summed E-state index contributed by atoms with van der Waals surface area (Å²) in [5.74, 6) is 0.407. The Labute approximate surface area is 134 Å². The van der Waals surface area contributed by atoms with Gasteiger partial charge < -0.3 is 0 Å². The summed E-state index contributed by atoms with van der Waals surface area (Å²) in [6.07, 6.45) is 7.66.